The molecule has 1 fully saturated rings. The van der Waals surface area contributed by atoms with Crippen molar-refractivity contribution in [2.24, 2.45) is 5.92 Å². The number of hydrogen-bond donors (Lipinski definition) is 3. The highest BCUT2D eigenvalue weighted by Crippen LogP contribution is 2.24. The van der Waals surface area contributed by atoms with Crippen LogP contribution in [-0.2, 0) is 16.1 Å². The lowest BCUT2D eigenvalue weighted by atomic mass is 9.86. The Morgan fingerprint density at radius 2 is 1.92 bits per heavy atom. The van der Waals surface area contributed by atoms with E-state index in [9.17, 15) is 9.59 Å². The number of hydrogen-bond acceptors (Lipinski definition) is 4. The number of urea groups is 1. The number of carbonyl (C=O) groups is 2. The second-order valence-electron chi connectivity index (χ2n) is 6.67. The van der Waals surface area contributed by atoms with Crippen LogP contribution in [0.3, 0.4) is 0 Å². The normalized spacial score (nSPS) is 19.6. The van der Waals surface area contributed by atoms with Crippen molar-refractivity contribution < 1.29 is 24.2 Å². The van der Waals surface area contributed by atoms with Gasteiger partial charge in [0, 0.05) is 25.3 Å². The standard InChI is InChI=1S/C19H28N2O5/c1-13-3-4-15(17(11-13)26-10-9-25-2)12-20-19(24)21-16-7-5-14(6-8-16)18(22)23/h3-4,11,14,16H,5-10,12H2,1-2H3,(H,22,23)(H2,20,21,24). The number of carboxylic acids is 1. The molecule has 1 saturated carbocycles. The van der Waals surface area contributed by atoms with E-state index in [4.69, 9.17) is 14.6 Å². The number of methoxy groups -OCH3 is 1. The Balaban J connectivity index is 1.81. The monoisotopic (exact) mass is 364 g/mol. The van der Waals surface area contributed by atoms with Gasteiger partial charge in [-0.05, 0) is 44.2 Å². The van der Waals surface area contributed by atoms with Gasteiger partial charge in [0.2, 0.25) is 0 Å². The van der Waals surface area contributed by atoms with Crippen molar-refractivity contribution in [2.75, 3.05) is 20.3 Å². The van der Waals surface area contributed by atoms with Crippen molar-refractivity contribution in [3.8, 4) is 5.75 Å². The molecule has 0 aliphatic heterocycles. The summed E-state index contributed by atoms with van der Waals surface area (Å²) in [5.41, 5.74) is 1.98. The molecular formula is C19H28N2O5. The van der Waals surface area contributed by atoms with Crippen molar-refractivity contribution >= 4 is 12.0 Å². The summed E-state index contributed by atoms with van der Waals surface area (Å²) >= 11 is 0. The average molecular weight is 364 g/mol. The highest BCUT2D eigenvalue weighted by molar-refractivity contribution is 5.74. The van der Waals surface area contributed by atoms with Crippen molar-refractivity contribution in [1.82, 2.24) is 10.6 Å². The number of nitrogens with one attached hydrogen (secondary N) is 2. The molecule has 26 heavy (non-hydrogen) atoms. The Labute approximate surface area is 154 Å². The van der Waals surface area contributed by atoms with Crippen LogP contribution in [-0.4, -0.2) is 43.5 Å². The molecule has 1 aromatic carbocycles. The van der Waals surface area contributed by atoms with E-state index in [1.807, 2.05) is 25.1 Å². The first-order valence-corrected chi connectivity index (χ1v) is 8.98. The first-order chi connectivity index (χ1) is 12.5. The molecule has 1 aliphatic carbocycles. The summed E-state index contributed by atoms with van der Waals surface area (Å²) in [4.78, 5) is 23.1. The maximum Gasteiger partial charge on any atom is 0.315 e. The summed E-state index contributed by atoms with van der Waals surface area (Å²) in [6.45, 7) is 3.30. The fraction of sp³-hybridized carbons (Fsp3) is 0.579. The minimum absolute atomic E-state index is 0.0287. The first kappa shape index (κ1) is 20.0. The van der Waals surface area contributed by atoms with E-state index in [1.54, 1.807) is 7.11 Å². The molecule has 3 N–H and O–H groups in total. The maximum atomic E-state index is 12.1. The van der Waals surface area contributed by atoms with Crippen LogP contribution in [0.15, 0.2) is 18.2 Å². The quantitative estimate of drug-likeness (QED) is 0.616. The molecule has 0 atom stereocenters. The smallest absolute Gasteiger partial charge is 0.315 e. The van der Waals surface area contributed by atoms with Crippen LogP contribution in [0.5, 0.6) is 5.75 Å². The lowest BCUT2D eigenvalue weighted by Crippen LogP contribution is -2.43. The van der Waals surface area contributed by atoms with Gasteiger partial charge in [0.05, 0.1) is 12.5 Å². The minimum Gasteiger partial charge on any atom is -0.491 e. The van der Waals surface area contributed by atoms with Crippen LogP contribution in [0.2, 0.25) is 0 Å². The topological polar surface area (TPSA) is 96.9 Å². The molecule has 2 rings (SSSR count). The minimum atomic E-state index is -0.742. The number of benzene rings is 1. The number of aliphatic carboxylic acids is 1. The molecule has 1 aromatic rings. The zero-order valence-electron chi connectivity index (χ0n) is 15.4. The highest BCUT2D eigenvalue weighted by Gasteiger charge is 2.26. The van der Waals surface area contributed by atoms with Crippen LogP contribution in [0.25, 0.3) is 0 Å². The molecule has 0 radical (unpaired) electrons. The van der Waals surface area contributed by atoms with Crippen LogP contribution in [0.4, 0.5) is 4.79 Å². The van der Waals surface area contributed by atoms with Gasteiger partial charge in [0.1, 0.15) is 12.4 Å². The van der Waals surface area contributed by atoms with Gasteiger partial charge in [-0.3, -0.25) is 4.79 Å². The van der Waals surface area contributed by atoms with Gasteiger partial charge < -0.3 is 25.2 Å². The fourth-order valence-corrected chi connectivity index (χ4v) is 3.07. The average Bonchev–Trinajstić information content (AvgIpc) is 2.61. The summed E-state index contributed by atoms with van der Waals surface area (Å²) in [6, 6.07) is 5.65. The lowest BCUT2D eigenvalue weighted by Gasteiger charge is -2.26. The zero-order chi connectivity index (χ0) is 18.9. The molecule has 0 spiro atoms. The molecule has 144 valence electrons. The third kappa shape index (κ3) is 6.22. The summed E-state index contributed by atoms with van der Waals surface area (Å²) in [7, 11) is 1.62. The first-order valence-electron chi connectivity index (χ1n) is 8.98. The predicted molar refractivity (Wildman–Crippen MR) is 97.3 cm³/mol. The van der Waals surface area contributed by atoms with Gasteiger partial charge in [-0.15, -0.1) is 0 Å². The van der Waals surface area contributed by atoms with Crippen LogP contribution < -0.4 is 15.4 Å². The van der Waals surface area contributed by atoms with E-state index in [0.717, 1.165) is 16.9 Å². The molecule has 7 heteroatoms. The predicted octanol–water partition coefficient (Wildman–Crippen LogP) is 2.46. The van der Waals surface area contributed by atoms with Gasteiger partial charge in [-0.1, -0.05) is 12.1 Å². The molecule has 0 aromatic heterocycles. The molecule has 0 heterocycles. The van der Waals surface area contributed by atoms with E-state index in [-0.39, 0.29) is 18.0 Å². The lowest BCUT2D eigenvalue weighted by molar-refractivity contribution is -0.142. The zero-order valence-corrected chi connectivity index (χ0v) is 15.4. The molecule has 7 nitrogen and oxygen atoms in total. The fourth-order valence-electron chi connectivity index (χ4n) is 3.07. The Morgan fingerprint density at radius 1 is 1.19 bits per heavy atom. The Kier molecular flexibility index (Phi) is 7.72. The largest absolute Gasteiger partial charge is 0.491 e. The van der Waals surface area contributed by atoms with E-state index in [0.29, 0.717) is 45.4 Å². The van der Waals surface area contributed by atoms with Crippen molar-refractivity contribution in [2.45, 2.75) is 45.2 Å². The van der Waals surface area contributed by atoms with E-state index in [1.165, 1.54) is 0 Å². The van der Waals surface area contributed by atoms with Gasteiger partial charge in [0.15, 0.2) is 0 Å². The van der Waals surface area contributed by atoms with E-state index in [2.05, 4.69) is 10.6 Å². The number of rotatable bonds is 8. The molecule has 0 unspecified atom stereocenters. The van der Waals surface area contributed by atoms with Gasteiger partial charge in [-0.25, -0.2) is 4.79 Å². The maximum absolute atomic E-state index is 12.1. The summed E-state index contributed by atoms with van der Waals surface area (Å²) in [5.74, 6) is -0.284. The van der Waals surface area contributed by atoms with Gasteiger partial charge in [0.25, 0.3) is 0 Å². The Bertz CT molecular complexity index is 612. The number of aryl methyl sites for hydroxylation is 1. The SMILES string of the molecule is COCCOc1cc(C)ccc1CNC(=O)NC1CCC(C(=O)O)CC1. The summed E-state index contributed by atoms with van der Waals surface area (Å²) in [5, 5.41) is 14.8. The Morgan fingerprint density at radius 3 is 2.58 bits per heavy atom. The van der Waals surface area contributed by atoms with Gasteiger partial charge >= 0.3 is 12.0 Å². The third-order valence-corrected chi connectivity index (χ3v) is 4.62. The van der Waals surface area contributed by atoms with Crippen LogP contribution in [0, 0.1) is 12.8 Å². The van der Waals surface area contributed by atoms with Crippen LogP contribution >= 0.6 is 0 Å². The van der Waals surface area contributed by atoms with E-state index >= 15 is 0 Å². The summed E-state index contributed by atoms with van der Waals surface area (Å²) < 4.78 is 10.7. The molecule has 2 amide bonds. The van der Waals surface area contributed by atoms with Crippen LogP contribution in [0.1, 0.15) is 36.8 Å². The Hall–Kier alpha value is -2.28. The van der Waals surface area contributed by atoms with Crippen molar-refractivity contribution in [3.05, 3.63) is 29.3 Å². The summed E-state index contributed by atoms with van der Waals surface area (Å²) in [6.07, 6.45) is 2.60. The second-order valence-corrected chi connectivity index (χ2v) is 6.67. The third-order valence-electron chi connectivity index (χ3n) is 4.62. The van der Waals surface area contributed by atoms with E-state index < -0.39 is 5.97 Å². The van der Waals surface area contributed by atoms with Crippen molar-refractivity contribution in [1.29, 1.82) is 0 Å². The number of carboxylic acid groups (broad SMARTS) is 1. The molecule has 0 bridgehead atoms. The second kappa shape index (κ2) is 10.0. The number of amides is 2. The van der Waals surface area contributed by atoms with Crippen molar-refractivity contribution in [3.63, 3.8) is 0 Å². The molecule has 0 saturated heterocycles. The number of ether oxygens (including phenoxy) is 2. The highest BCUT2D eigenvalue weighted by atomic mass is 16.5. The number of carbonyl (C=O) groups excluding carboxylic acids is 1. The van der Waals surface area contributed by atoms with Gasteiger partial charge in [-0.2, -0.15) is 0 Å². The molecule has 1 aliphatic rings. The molecular weight excluding hydrogens is 336 g/mol.